The van der Waals surface area contributed by atoms with Crippen LogP contribution in [0.4, 0.5) is 10.1 Å². The Morgan fingerprint density at radius 2 is 1.88 bits per heavy atom. The second-order valence-corrected chi connectivity index (χ2v) is 3.79. The van der Waals surface area contributed by atoms with E-state index in [1.807, 2.05) is 31.2 Å². The summed E-state index contributed by atoms with van der Waals surface area (Å²) in [7, 11) is 0. The third kappa shape index (κ3) is 3.41. The third-order valence-electron chi connectivity index (χ3n) is 2.29. The SMILES string of the molecule is Cc1cccc(/C=N/Nc2ccc(F)cc2)c1. The summed E-state index contributed by atoms with van der Waals surface area (Å²) in [5.74, 6) is -0.252. The highest BCUT2D eigenvalue weighted by molar-refractivity contribution is 5.80. The van der Waals surface area contributed by atoms with Crippen LogP contribution in [0.3, 0.4) is 0 Å². The summed E-state index contributed by atoms with van der Waals surface area (Å²) in [5.41, 5.74) is 5.82. The van der Waals surface area contributed by atoms with Gasteiger partial charge in [-0.1, -0.05) is 29.8 Å². The average molecular weight is 228 g/mol. The van der Waals surface area contributed by atoms with Gasteiger partial charge >= 0.3 is 0 Å². The number of aryl methyl sites for hydroxylation is 1. The Kier molecular flexibility index (Phi) is 3.50. The van der Waals surface area contributed by atoms with E-state index in [0.717, 1.165) is 11.3 Å². The molecular formula is C14H13FN2. The van der Waals surface area contributed by atoms with Crippen LogP contribution >= 0.6 is 0 Å². The monoisotopic (exact) mass is 228 g/mol. The maximum Gasteiger partial charge on any atom is 0.123 e. The molecule has 0 radical (unpaired) electrons. The maximum absolute atomic E-state index is 12.7. The van der Waals surface area contributed by atoms with Gasteiger partial charge in [0.25, 0.3) is 0 Å². The minimum atomic E-state index is -0.252. The van der Waals surface area contributed by atoms with Crippen LogP contribution in [0.2, 0.25) is 0 Å². The fourth-order valence-corrected chi connectivity index (χ4v) is 1.46. The number of anilines is 1. The first-order valence-corrected chi connectivity index (χ1v) is 5.35. The van der Waals surface area contributed by atoms with Gasteiger partial charge in [-0.25, -0.2) is 4.39 Å². The first kappa shape index (κ1) is 11.3. The van der Waals surface area contributed by atoms with Crippen LogP contribution in [0.25, 0.3) is 0 Å². The smallest absolute Gasteiger partial charge is 0.123 e. The Hall–Kier alpha value is -2.16. The molecule has 0 aliphatic heterocycles. The lowest BCUT2D eigenvalue weighted by molar-refractivity contribution is 0.628. The minimum absolute atomic E-state index is 0.252. The van der Waals surface area contributed by atoms with Gasteiger partial charge in [-0.2, -0.15) is 5.10 Å². The van der Waals surface area contributed by atoms with Gasteiger partial charge in [-0.15, -0.1) is 0 Å². The van der Waals surface area contributed by atoms with Gasteiger partial charge in [-0.3, -0.25) is 5.43 Å². The molecule has 0 atom stereocenters. The summed E-state index contributed by atoms with van der Waals surface area (Å²) < 4.78 is 12.7. The molecule has 0 saturated heterocycles. The summed E-state index contributed by atoms with van der Waals surface area (Å²) in [5, 5.41) is 4.09. The van der Waals surface area contributed by atoms with Crippen molar-refractivity contribution < 1.29 is 4.39 Å². The van der Waals surface area contributed by atoms with Crippen molar-refractivity contribution in [3.8, 4) is 0 Å². The summed E-state index contributed by atoms with van der Waals surface area (Å²) in [6.45, 7) is 2.03. The van der Waals surface area contributed by atoms with Gasteiger partial charge in [0.15, 0.2) is 0 Å². The topological polar surface area (TPSA) is 24.4 Å². The number of hydrogen-bond acceptors (Lipinski definition) is 2. The molecule has 17 heavy (non-hydrogen) atoms. The van der Waals surface area contributed by atoms with Gasteiger partial charge in [0.1, 0.15) is 5.82 Å². The van der Waals surface area contributed by atoms with Crippen LogP contribution in [-0.4, -0.2) is 6.21 Å². The largest absolute Gasteiger partial charge is 0.279 e. The van der Waals surface area contributed by atoms with E-state index in [2.05, 4.69) is 10.5 Å². The number of halogens is 1. The van der Waals surface area contributed by atoms with E-state index in [1.165, 1.54) is 17.7 Å². The van der Waals surface area contributed by atoms with E-state index in [1.54, 1.807) is 18.3 Å². The quantitative estimate of drug-likeness (QED) is 0.630. The number of rotatable bonds is 3. The summed E-state index contributed by atoms with van der Waals surface area (Å²) in [6.07, 6.45) is 1.73. The molecular weight excluding hydrogens is 215 g/mol. The first-order valence-electron chi connectivity index (χ1n) is 5.35. The minimum Gasteiger partial charge on any atom is -0.279 e. The van der Waals surface area contributed by atoms with Crippen LogP contribution in [0.1, 0.15) is 11.1 Å². The number of hydrogen-bond donors (Lipinski definition) is 1. The van der Waals surface area contributed by atoms with Crippen molar-refractivity contribution in [1.82, 2.24) is 0 Å². The van der Waals surface area contributed by atoms with E-state index in [-0.39, 0.29) is 5.82 Å². The molecule has 0 aromatic heterocycles. The third-order valence-corrected chi connectivity index (χ3v) is 2.29. The van der Waals surface area contributed by atoms with Crippen LogP contribution in [0.15, 0.2) is 53.6 Å². The second kappa shape index (κ2) is 5.25. The normalized spacial score (nSPS) is 10.7. The maximum atomic E-state index is 12.7. The van der Waals surface area contributed by atoms with E-state index < -0.39 is 0 Å². The number of nitrogens with zero attached hydrogens (tertiary/aromatic N) is 1. The first-order chi connectivity index (χ1) is 8.24. The van der Waals surface area contributed by atoms with Gasteiger partial charge < -0.3 is 0 Å². The van der Waals surface area contributed by atoms with Crippen molar-refractivity contribution >= 4 is 11.9 Å². The number of benzene rings is 2. The Morgan fingerprint density at radius 3 is 2.59 bits per heavy atom. The molecule has 0 fully saturated rings. The molecule has 2 rings (SSSR count). The fourth-order valence-electron chi connectivity index (χ4n) is 1.46. The molecule has 86 valence electrons. The zero-order valence-electron chi connectivity index (χ0n) is 9.52. The lowest BCUT2D eigenvalue weighted by Gasteiger charge is -1.99. The van der Waals surface area contributed by atoms with E-state index in [0.29, 0.717) is 0 Å². The predicted molar refractivity (Wildman–Crippen MR) is 68.8 cm³/mol. The Balaban J connectivity index is 2.00. The van der Waals surface area contributed by atoms with Gasteiger partial charge in [-0.05, 0) is 36.8 Å². The van der Waals surface area contributed by atoms with E-state index >= 15 is 0 Å². The molecule has 0 saturated carbocycles. The zero-order valence-corrected chi connectivity index (χ0v) is 9.52. The molecule has 2 aromatic rings. The van der Waals surface area contributed by atoms with Crippen molar-refractivity contribution in [1.29, 1.82) is 0 Å². The van der Waals surface area contributed by atoms with Crippen molar-refractivity contribution in [3.63, 3.8) is 0 Å². The Bertz CT molecular complexity index is 518. The Morgan fingerprint density at radius 1 is 1.12 bits per heavy atom. The van der Waals surface area contributed by atoms with Crippen molar-refractivity contribution in [2.24, 2.45) is 5.10 Å². The summed E-state index contributed by atoms with van der Waals surface area (Å²) in [6, 6.07) is 14.1. The zero-order chi connectivity index (χ0) is 12.1. The van der Waals surface area contributed by atoms with Crippen LogP contribution in [0, 0.1) is 12.7 Å². The van der Waals surface area contributed by atoms with Gasteiger partial charge in [0, 0.05) is 0 Å². The highest BCUT2D eigenvalue weighted by Gasteiger charge is 1.91. The average Bonchev–Trinajstić information content (AvgIpc) is 2.32. The van der Waals surface area contributed by atoms with Gasteiger partial charge in [0.2, 0.25) is 0 Å². The molecule has 2 nitrogen and oxygen atoms in total. The number of hydrazone groups is 1. The van der Waals surface area contributed by atoms with Crippen LogP contribution < -0.4 is 5.43 Å². The van der Waals surface area contributed by atoms with Crippen LogP contribution in [0.5, 0.6) is 0 Å². The molecule has 2 aromatic carbocycles. The lowest BCUT2D eigenvalue weighted by Crippen LogP contribution is -1.90. The summed E-state index contributed by atoms with van der Waals surface area (Å²) in [4.78, 5) is 0. The van der Waals surface area contributed by atoms with Crippen molar-refractivity contribution in [2.45, 2.75) is 6.92 Å². The Labute approximate surface area is 99.8 Å². The van der Waals surface area contributed by atoms with E-state index in [4.69, 9.17) is 0 Å². The fraction of sp³-hybridized carbons (Fsp3) is 0.0714. The van der Waals surface area contributed by atoms with Crippen molar-refractivity contribution in [2.75, 3.05) is 5.43 Å². The van der Waals surface area contributed by atoms with E-state index in [9.17, 15) is 4.39 Å². The second-order valence-electron chi connectivity index (χ2n) is 3.79. The number of nitrogens with one attached hydrogen (secondary N) is 1. The molecule has 0 bridgehead atoms. The highest BCUT2D eigenvalue weighted by atomic mass is 19.1. The van der Waals surface area contributed by atoms with Crippen LogP contribution in [-0.2, 0) is 0 Å². The molecule has 0 unspecified atom stereocenters. The summed E-state index contributed by atoms with van der Waals surface area (Å²) >= 11 is 0. The van der Waals surface area contributed by atoms with Gasteiger partial charge in [0.05, 0.1) is 11.9 Å². The molecule has 0 aliphatic carbocycles. The lowest BCUT2D eigenvalue weighted by atomic mass is 10.2. The molecule has 1 N–H and O–H groups in total. The highest BCUT2D eigenvalue weighted by Crippen LogP contribution is 2.08. The molecule has 3 heteroatoms. The van der Waals surface area contributed by atoms with Crippen molar-refractivity contribution in [3.05, 3.63) is 65.5 Å². The molecule has 0 spiro atoms. The molecule has 0 aliphatic rings. The predicted octanol–water partition coefficient (Wildman–Crippen LogP) is 3.58. The standard InChI is InChI=1S/C14H13FN2/c1-11-3-2-4-12(9-11)10-16-17-14-7-5-13(15)6-8-14/h2-10,17H,1H3/b16-10+. The molecule has 0 heterocycles. The molecule has 0 amide bonds.